The van der Waals surface area contributed by atoms with Gasteiger partial charge in [-0.3, -0.25) is 0 Å². The zero-order chi connectivity index (χ0) is 38.4. The van der Waals surface area contributed by atoms with Gasteiger partial charge in [-0.1, -0.05) is 146 Å². The van der Waals surface area contributed by atoms with E-state index in [0.717, 1.165) is 114 Å². The summed E-state index contributed by atoms with van der Waals surface area (Å²) in [6, 6.07) is 69.2. The summed E-state index contributed by atoms with van der Waals surface area (Å²) in [5.41, 5.74) is 7.98. The molecule has 0 unspecified atom stereocenters. The van der Waals surface area contributed by atoms with E-state index in [0.29, 0.717) is 0 Å². The maximum absolute atomic E-state index is 15.9. The van der Waals surface area contributed by atoms with Crippen molar-refractivity contribution in [2.24, 2.45) is 0 Å². The lowest BCUT2D eigenvalue weighted by atomic mass is 9.90. The molecule has 0 bridgehead atoms. The summed E-state index contributed by atoms with van der Waals surface area (Å²) >= 11 is 0. The minimum absolute atomic E-state index is 0.825. The number of rotatable bonds is 5. The molecule has 4 heteroatoms. The van der Waals surface area contributed by atoms with Crippen molar-refractivity contribution in [3.05, 3.63) is 200 Å². The van der Waals surface area contributed by atoms with Crippen LogP contribution in [0, 0.1) is 0 Å². The minimum atomic E-state index is -3.28. The molecule has 58 heavy (non-hydrogen) atoms. The number of benzene rings is 10. The molecule has 3 nitrogen and oxygen atoms in total. The van der Waals surface area contributed by atoms with Gasteiger partial charge in [0.2, 0.25) is 0 Å². The Bertz CT molecular complexity index is 3610. The van der Waals surface area contributed by atoms with Gasteiger partial charge in [0.1, 0.15) is 22.3 Å². The Hall–Kier alpha value is -7.19. The molecule has 0 aliphatic rings. The maximum atomic E-state index is 15.9. The van der Waals surface area contributed by atoms with Crippen molar-refractivity contribution >= 4 is 99.2 Å². The molecule has 12 aromatic rings. The lowest BCUT2D eigenvalue weighted by molar-refractivity contribution is 0.592. The van der Waals surface area contributed by atoms with Crippen LogP contribution in [0.15, 0.2) is 209 Å². The van der Waals surface area contributed by atoms with E-state index in [4.69, 9.17) is 8.83 Å². The molecule has 0 saturated carbocycles. The van der Waals surface area contributed by atoms with Gasteiger partial charge >= 0.3 is 0 Å². The Morgan fingerprint density at radius 1 is 0.293 bits per heavy atom. The third kappa shape index (κ3) is 4.91. The van der Waals surface area contributed by atoms with Crippen molar-refractivity contribution in [2.45, 2.75) is 0 Å². The molecular weight excluding hydrogens is 728 g/mol. The third-order valence-corrected chi connectivity index (χ3v) is 15.0. The average molecular weight is 761 g/mol. The summed E-state index contributed by atoms with van der Waals surface area (Å²) < 4.78 is 28.5. The molecule has 0 aliphatic heterocycles. The summed E-state index contributed by atoms with van der Waals surface area (Å²) in [6.45, 7) is 0. The first kappa shape index (κ1) is 33.0. The van der Waals surface area contributed by atoms with E-state index >= 15 is 4.57 Å². The summed E-state index contributed by atoms with van der Waals surface area (Å²) in [4.78, 5) is 0. The average Bonchev–Trinajstić information content (AvgIpc) is 3.86. The molecule has 10 aromatic carbocycles. The molecule has 0 radical (unpaired) electrons. The Kier molecular flexibility index (Phi) is 7.20. The van der Waals surface area contributed by atoms with Crippen LogP contribution in [0.4, 0.5) is 0 Å². The molecule has 0 atom stereocenters. The predicted octanol–water partition coefficient (Wildman–Crippen LogP) is 13.9. The lowest BCUT2D eigenvalue weighted by Crippen LogP contribution is -2.25. The van der Waals surface area contributed by atoms with Gasteiger partial charge in [-0.2, -0.15) is 0 Å². The monoisotopic (exact) mass is 760 g/mol. The first-order valence-corrected chi connectivity index (χ1v) is 21.3. The Morgan fingerprint density at radius 3 is 1.31 bits per heavy atom. The van der Waals surface area contributed by atoms with Gasteiger partial charge in [0.15, 0.2) is 7.14 Å². The first-order valence-electron chi connectivity index (χ1n) is 19.6. The van der Waals surface area contributed by atoms with Gasteiger partial charge in [-0.15, -0.1) is 0 Å². The van der Waals surface area contributed by atoms with Gasteiger partial charge < -0.3 is 13.4 Å². The smallest absolute Gasteiger partial charge is 0.171 e. The van der Waals surface area contributed by atoms with Gasteiger partial charge in [-0.05, 0) is 109 Å². The van der Waals surface area contributed by atoms with E-state index in [1.807, 2.05) is 72.8 Å². The number of para-hydroxylation sites is 1. The minimum Gasteiger partial charge on any atom is -0.456 e. The Morgan fingerprint density at radius 2 is 0.707 bits per heavy atom. The fraction of sp³-hybridized carbons (Fsp3) is 0. The van der Waals surface area contributed by atoms with Gasteiger partial charge in [-0.25, -0.2) is 0 Å². The normalized spacial score (nSPS) is 12.2. The molecule has 0 amide bonds. The van der Waals surface area contributed by atoms with Crippen LogP contribution in [0.25, 0.3) is 98.4 Å². The van der Waals surface area contributed by atoms with Gasteiger partial charge in [0.05, 0.1) is 0 Å². The SMILES string of the molecule is O=P(c1ccccc1)(c1ccccc1)c1cc2c3ccccc3c(-c3ccc4oc5ccc(-c6ccc7oc8ccccc8c7c6)cc5c4c3)cc2c2ccccc12. The van der Waals surface area contributed by atoms with Crippen LogP contribution in [-0.4, -0.2) is 0 Å². The zero-order valence-corrected chi connectivity index (χ0v) is 32.1. The molecule has 272 valence electrons. The van der Waals surface area contributed by atoms with Gasteiger partial charge in [0.25, 0.3) is 0 Å². The number of hydrogen-bond donors (Lipinski definition) is 0. The number of fused-ring (bicyclic) bond motifs is 11. The zero-order valence-electron chi connectivity index (χ0n) is 31.2. The van der Waals surface area contributed by atoms with Crippen molar-refractivity contribution in [3.8, 4) is 22.3 Å². The van der Waals surface area contributed by atoms with Crippen molar-refractivity contribution in [2.75, 3.05) is 0 Å². The van der Waals surface area contributed by atoms with E-state index in [-0.39, 0.29) is 0 Å². The lowest BCUT2D eigenvalue weighted by Gasteiger charge is -2.23. The molecule has 0 saturated heterocycles. The van der Waals surface area contributed by atoms with Crippen LogP contribution in [-0.2, 0) is 4.57 Å². The quantitative estimate of drug-likeness (QED) is 0.130. The van der Waals surface area contributed by atoms with Crippen LogP contribution in [0.5, 0.6) is 0 Å². The first-order chi connectivity index (χ1) is 28.6. The van der Waals surface area contributed by atoms with Crippen molar-refractivity contribution in [1.82, 2.24) is 0 Å². The van der Waals surface area contributed by atoms with Crippen LogP contribution in [0.1, 0.15) is 0 Å². The molecule has 2 aromatic heterocycles. The van der Waals surface area contributed by atoms with E-state index in [1.54, 1.807) is 0 Å². The highest BCUT2D eigenvalue weighted by Gasteiger charge is 2.32. The van der Waals surface area contributed by atoms with E-state index in [1.165, 1.54) is 0 Å². The highest BCUT2D eigenvalue weighted by molar-refractivity contribution is 7.85. The summed E-state index contributed by atoms with van der Waals surface area (Å²) in [5.74, 6) is 0. The third-order valence-electron chi connectivity index (χ3n) is 11.9. The molecular formula is C54H33O3P. The molecule has 0 spiro atoms. The summed E-state index contributed by atoms with van der Waals surface area (Å²) in [5, 5.41) is 13.4. The van der Waals surface area contributed by atoms with Gasteiger partial charge in [0, 0.05) is 37.5 Å². The fourth-order valence-corrected chi connectivity index (χ4v) is 12.0. The summed E-state index contributed by atoms with van der Waals surface area (Å²) in [7, 11) is -3.28. The van der Waals surface area contributed by atoms with Crippen LogP contribution >= 0.6 is 7.14 Å². The number of furan rings is 2. The van der Waals surface area contributed by atoms with Crippen molar-refractivity contribution in [1.29, 1.82) is 0 Å². The second kappa shape index (κ2) is 12.7. The van der Waals surface area contributed by atoms with Crippen molar-refractivity contribution in [3.63, 3.8) is 0 Å². The predicted molar refractivity (Wildman–Crippen MR) is 244 cm³/mol. The highest BCUT2D eigenvalue weighted by atomic mass is 31.2. The number of hydrogen-bond acceptors (Lipinski definition) is 3. The standard InChI is InChI=1S/C54H33O3P/c55-58(37-13-3-1-4-14-37,38-15-5-2-6-16-38)54-33-46-40-18-8-7-17-39(40)44(32-45(46)41-19-9-10-21-43(41)54)36-25-28-53-49(31-36)48-30-35(24-27-52(48)57-53)34-23-26-51-47(29-34)42-20-11-12-22-50(42)56-51/h1-33H. The topological polar surface area (TPSA) is 43.4 Å². The van der Waals surface area contributed by atoms with Crippen LogP contribution in [0.2, 0.25) is 0 Å². The van der Waals surface area contributed by atoms with E-state index in [9.17, 15) is 0 Å². The molecule has 0 aliphatic carbocycles. The highest BCUT2D eigenvalue weighted by Crippen LogP contribution is 2.48. The largest absolute Gasteiger partial charge is 0.456 e. The van der Waals surface area contributed by atoms with E-state index in [2.05, 4.69) is 127 Å². The second-order valence-corrected chi connectivity index (χ2v) is 17.9. The molecule has 12 rings (SSSR count). The fourth-order valence-electron chi connectivity index (χ4n) is 9.16. The van der Waals surface area contributed by atoms with E-state index < -0.39 is 7.14 Å². The molecule has 2 heterocycles. The second-order valence-electron chi connectivity index (χ2n) is 15.1. The van der Waals surface area contributed by atoms with Crippen molar-refractivity contribution < 1.29 is 13.4 Å². The summed E-state index contributed by atoms with van der Waals surface area (Å²) in [6.07, 6.45) is 0. The Labute approximate surface area is 333 Å². The maximum Gasteiger partial charge on any atom is 0.171 e. The Balaban J connectivity index is 1.07. The molecule has 0 N–H and O–H groups in total. The van der Waals surface area contributed by atoms with Crippen LogP contribution < -0.4 is 15.9 Å². The molecule has 0 fully saturated rings. The van der Waals surface area contributed by atoms with Crippen LogP contribution in [0.3, 0.4) is 0 Å².